The second-order valence-corrected chi connectivity index (χ2v) is 20.3. The maximum atomic E-state index is 12.5. The molecule has 394 valence electrons. The van der Waals surface area contributed by atoms with E-state index in [-0.39, 0.29) is 18.5 Å². The molecule has 0 aliphatic heterocycles. The zero-order chi connectivity index (χ0) is 48.6. The summed E-state index contributed by atoms with van der Waals surface area (Å²) in [6.07, 6.45) is 69.9. The number of esters is 1. The van der Waals surface area contributed by atoms with E-state index in [4.69, 9.17) is 4.74 Å². The van der Waals surface area contributed by atoms with Gasteiger partial charge in [0, 0.05) is 12.8 Å². The molecule has 2 unspecified atom stereocenters. The van der Waals surface area contributed by atoms with Crippen molar-refractivity contribution >= 4 is 11.9 Å². The Morgan fingerprint density at radius 2 is 0.761 bits per heavy atom. The zero-order valence-electron chi connectivity index (χ0n) is 44.9. The molecule has 0 fully saturated rings. The van der Waals surface area contributed by atoms with Crippen LogP contribution < -0.4 is 5.32 Å². The van der Waals surface area contributed by atoms with Crippen LogP contribution in [0.3, 0.4) is 0 Å². The SMILES string of the molecule is CCCC/C=C\C/C=C\CCCCCCCC(=O)OCCCCCC/C=C\CCCCCCCCCC(=O)NC(CO)C(O)CCCCCCCCCCCCCCCCCCCCCCC. The van der Waals surface area contributed by atoms with E-state index in [1.165, 1.54) is 199 Å². The number of carbonyl (C=O) groups excluding carboxylic acids is 2. The Hall–Kier alpha value is -1.92. The first-order valence-electron chi connectivity index (χ1n) is 29.7. The largest absolute Gasteiger partial charge is 0.466 e. The van der Waals surface area contributed by atoms with Crippen molar-refractivity contribution < 1.29 is 24.5 Å². The van der Waals surface area contributed by atoms with Crippen LogP contribution in [-0.2, 0) is 14.3 Å². The average Bonchev–Trinajstić information content (AvgIpc) is 3.33. The number of carbonyl (C=O) groups is 2. The normalized spacial score (nSPS) is 12.8. The molecule has 0 heterocycles. The van der Waals surface area contributed by atoms with Gasteiger partial charge in [-0.1, -0.05) is 262 Å². The average molecular weight is 943 g/mol. The highest BCUT2D eigenvalue weighted by Crippen LogP contribution is 2.17. The summed E-state index contributed by atoms with van der Waals surface area (Å²) in [4.78, 5) is 24.5. The van der Waals surface area contributed by atoms with Crippen LogP contribution in [0, 0.1) is 0 Å². The second-order valence-electron chi connectivity index (χ2n) is 20.3. The first kappa shape index (κ1) is 65.1. The van der Waals surface area contributed by atoms with E-state index in [1.807, 2.05) is 0 Å². The monoisotopic (exact) mass is 942 g/mol. The Morgan fingerprint density at radius 3 is 1.19 bits per heavy atom. The quantitative estimate of drug-likeness (QED) is 0.0321. The number of rotatable bonds is 55. The van der Waals surface area contributed by atoms with Gasteiger partial charge in [0.2, 0.25) is 5.91 Å². The first-order valence-corrected chi connectivity index (χ1v) is 29.7. The van der Waals surface area contributed by atoms with Gasteiger partial charge in [0.1, 0.15) is 0 Å². The van der Waals surface area contributed by atoms with Crippen molar-refractivity contribution in [2.75, 3.05) is 13.2 Å². The number of unbranched alkanes of at least 4 members (excludes halogenated alkanes) is 38. The third-order valence-corrected chi connectivity index (χ3v) is 13.7. The van der Waals surface area contributed by atoms with Crippen LogP contribution in [0.1, 0.15) is 316 Å². The van der Waals surface area contributed by atoms with Crippen LogP contribution in [0.25, 0.3) is 0 Å². The predicted molar refractivity (Wildman–Crippen MR) is 292 cm³/mol. The fourth-order valence-corrected chi connectivity index (χ4v) is 9.06. The maximum Gasteiger partial charge on any atom is 0.305 e. The van der Waals surface area contributed by atoms with Gasteiger partial charge in [0.25, 0.3) is 0 Å². The van der Waals surface area contributed by atoms with Crippen molar-refractivity contribution in [3.63, 3.8) is 0 Å². The van der Waals surface area contributed by atoms with Gasteiger partial charge in [-0.3, -0.25) is 9.59 Å². The molecule has 0 rings (SSSR count). The highest BCUT2D eigenvalue weighted by atomic mass is 16.5. The van der Waals surface area contributed by atoms with Gasteiger partial charge in [-0.25, -0.2) is 0 Å². The molecule has 67 heavy (non-hydrogen) atoms. The van der Waals surface area contributed by atoms with Crippen molar-refractivity contribution in [2.24, 2.45) is 0 Å². The summed E-state index contributed by atoms with van der Waals surface area (Å²) in [6, 6.07) is -0.555. The molecule has 0 aliphatic rings. The molecule has 0 bridgehead atoms. The summed E-state index contributed by atoms with van der Waals surface area (Å²) in [7, 11) is 0. The van der Waals surface area contributed by atoms with Crippen LogP contribution in [0.15, 0.2) is 36.5 Å². The molecule has 0 saturated carbocycles. The lowest BCUT2D eigenvalue weighted by atomic mass is 10.0. The van der Waals surface area contributed by atoms with Crippen LogP contribution in [0.4, 0.5) is 0 Å². The minimum atomic E-state index is -0.676. The van der Waals surface area contributed by atoms with E-state index in [0.717, 1.165) is 83.5 Å². The molecular weight excluding hydrogens is 827 g/mol. The first-order chi connectivity index (χ1) is 33.0. The fraction of sp³-hybridized carbons (Fsp3) is 0.869. The van der Waals surface area contributed by atoms with E-state index in [0.29, 0.717) is 25.9 Å². The van der Waals surface area contributed by atoms with Crippen LogP contribution >= 0.6 is 0 Å². The Balaban J connectivity index is 3.48. The zero-order valence-corrected chi connectivity index (χ0v) is 44.9. The number of aliphatic hydroxyl groups is 2. The molecule has 0 spiro atoms. The van der Waals surface area contributed by atoms with E-state index in [9.17, 15) is 19.8 Å². The van der Waals surface area contributed by atoms with Gasteiger partial charge in [-0.05, 0) is 77.0 Å². The smallest absolute Gasteiger partial charge is 0.305 e. The molecule has 1 amide bonds. The van der Waals surface area contributed by atoms with Gasteiger partial charge in [0.15, 0.2) is 0 Å². The number of hydrogen-bond donors (Lipinski definition) is 3. The van der Waals surface area contributed by atoms with Crippen LogP contribution in [0.2, 0.25) is 0 Å². The standard InChI is InChI=1S/C61H115NO5/c1-3-5-7-9-11-13-15-17-19-20-21-22-23-24-26-29-33-37-41-45-49-53-59(64)58(57-63)62-60(65)54-50-46-42-38-34-30-27-25-28-32-36-40-44-48-52-56-67-61(66)55-51-47-43-39-35-31-18-16-14-12-10-8-6-4-2/h10,12,16,18,28,32,58-59,63-64H,3-9,11,13-15,17,19-27,29-31,33-57H2,1-2H3,(H,62,65)/b12-10-,18-16-,32-28-. The minimum absolute atomic E-state index is 0.0244. The van der Waals surface area contributed by atoms with Crippen molar-refractivity contribution in [2.45, 2.75) is 328 Å². The molecule has 6 heteroatoms. The summed E-state index contributed by atoms with van der Waals surface area (Å²) < 4.78 is 5.45. The van der Waals surface area contributed by atoms with Crippen molar-refractivity contribution in [1.29, 1.82) is 0 Å². The maximum absolute atomic E-state index is 12.5. The molecular formula is C61H115NO5. The van der Waals surface area contributed by atoms with Gasteiger partial charge < -0.3 is 20.3 Å². The Kier molecular flexibility index (Phi) is 55.0. The fourth-order valence-electron chi connectivity index (χ4n) is 9.06. The van der Waals surface area contributed by atoms with Crippen molar-refractivity contribution in [3.8, 4) is 0 Å². The van der Waals surface area contributed by atoms with Gasteiger partial charge in [-0.2, -0.15) is 0 Å². The highest BCUT2D eigenvalue weighted by Gasteiger charge is 2.20. The van der Waals surface area contributed by atoms with E-state index >= 15 is 0 Å². The Bertz CT molecular complexity index is 1090. The Labute approximate surface area is 417 Å². The van der Waals surface area contributed by atoms with Crippen LogP contribution in [0.5, 0.6) is 0 Å². The molecule has 2 atom stereocenters. The summed E-state index contributed by atoms with van der Waals surface area (Å²) in [5.74, 6) is -0.0730. The molecule has 0 aromatic heterocycles. The number of ether oxygens (including phenoxy) is 1. The summed E-state index contributed by atoms with van der Waals surface area (Å²) >= 11 is 0. The van der Waals surface area contributed by atoms with Crippen molar-refractivity contribution in [1.82, 2.24) is 5.32 Å². The molecule has 0 radical (unpaired) electrons. The lowest BCUT2D eigenvalue weighted by Gasteiger charge is -2.22. The summed E-state index contributed by atoms with van der Waals surface area (Å²) in [6.45, 7) is 4.88. The molecule has 0 aliphatic carbocycles. The van der Waals surface area contributed by atoms with E-state index in [2.05, 4.69) is 55.6 Å². The van der Waals surface area contributed by atoms with Crippen molar-refractivity contribution in [3.05, 3.63) is 36.5 Å². The molecule has 0 saturated heterocycles. The number of aliphatic hydroxyl groups excluding tert-OH is 2. The summed E-state index contributed by atoms with van der Waals surface area (Å²) in [5.41, 5.74) is 0. The minimum Gasteiger partial charge on any atom is -0.466 e. The highest BCUT2D eigenvalue weighted by molar-refractivity contribution is 5.76. The molecule has 0 aromatic carbocycles. The Morgan fingerprint density at radius 1 is 0.418 bits per heavy atom. The van der Waals surface area contributed by atoms with E-state index in [1.54, 1.807) is 0 Å². The number of hydrogen-bond acceptors (Lipinski definition) is 5. The summed E-state index contributed by atoms with van der Waals surface area (Å²) in [5, 5.41) is 23.3. The number of allylic oxidation sites excluding steroid dienone is 6. The number of nitrogens with one attached hydrogen (secondary N) is 1. The lowest BCUT2D eigenvalue weighted by Crippen LogP contribution is -2.45. The third-order valence-electron chi connectivity index (χ3n) is 13.7. The van der Waals surface area contributed by atoms with Gasteiger partial charge in [0.05, 0.1) is 25.4 Å². The topological polar surface area (TPSA) is 95.9 Å². The molecule has 3 N–H and O–H groups in total. The second kappa shape index (κ2) is 56.7. The molecule has 0 aromatic rings. The predicted octanol–water partition coefficient (Wildman–Crippen LogP) is 18.4. The van der Waals surface area contributed by atoms with Crippen LogP contribution in [-0.4, -0.2) is 47.4 Å². The third kappa shape index (κ3) is 53.3. The van der Waals surface area contributed by atoms with E-state index < -0.39 is 12.1 Å². The lowest BCUT2D eigenvalue weighted by molar-refractivity contribution is -0.143. The molecule has 6 nitrogen and oxygen atoms in total. The number of amides is 1. The van der Waals surface area contributed by atoms with Gasteiger partial charge in [-0.15, -0.1) is 0 Å². The van der Waals surface area contributed by atoms with Gasteiger partial charge >= 0.3 is 5.97 Å².